The molecule has 21 heavy (non-hydrogen) atoms. The van der Waals surface area contributed by atoms with E-state index in [4.69, 9.17) is 4.74 Å². The molecule has 1 aromatic carbocycles. The maximum absolute atomic E-state index is 11.6. The van der Waals surface area contributed by atoms with E-state index in [9.17, 15) is 4.79 Å². The van der Waals surface area contributed by atoms with Crippen LogP contribution in [0.25, 0.3) is 0 Å². The number of rotatable bonds is 7. The number of nitrogens with one attached hydrogen (secondary N) is 2. The molecule has 0 aliphatic carbocycles. The van der Waals surface area contributed by atoms with Crippen molar-refractivity contribution < 1.29 is 9.53 Å². The van der Waals surface area contributed by atoms with Crippen LogP contribution in [0.3, 0.4) is 0 Å². The zero-order chi connectivity index (χ0) is 15.1. The third kappa shape index (κ3) is 5.05. The smallest absolute Gasteiger partial charge is 0.221 e. The quantitative estimate of drug-likeness (QED) is 0.758. The van der Waals surface area contributed by atoms with Gasteiger partial charge in [0.05, 0.1) is 6.61 Å². The first kappa shape index (κ1) is 15.8. The lowest BCUT2D eigenvalue weighted by atomic mass is 9.93. The van der Waals surface area contributed by atoms with Crippen LogP contribution in [-0.4, -0.2) is 32.1 Å². The van der Waals surface area contributed by atoms with E-state index >= 15 is 0 Å². The predicted molar refractivity (Wildman–Crippen MR) is 84.6 cm³/mol. The van der Waals surface area contributed by atoms with Crippen LogP contribution >= 0.6 is 0 Å². The van der Waals surface area contributed by atoms with Crippen molar-refractivity contribution >= 4 is 5.91 Å². The van der Waals surface area contributed by atoms with Crippen molar-refractivity contribution in [2.45, 2.75) is 32.6 Å². The molecule has 1 aliphatic rings. The van der Waals surface area contributed by atoms with Gasteiger partial charge in [-0.1, -0.05) is 32.0 Å². The molecule has 116 valence electrons. The summed E-state index contributed by atoms with van der Waals surface area (Å²) >= 11 is 0. The van der Waals surface area contributed by atoms with Crippen LogP contribution in [0.1, 0.15) is 38.2 Å². The number of benzene rings is 1. The van der Waals surface area contributed by atoms with Crippen molar-refractivity contribution in [2.75, 3.05) is 26.2 Å². The zero-order valence-electron chi connectivity index (χ0n) is 13.0. The number of hydrogen-bond acceptors (Lipinski definition) is 3. The second-order valence-electron chi connectivity index (χ2n) is 6.02. The summed E-state index contributed by atoms with van der Waals surface area (Å²) in [7, 11) is 0. The summed E-state index contributed by atoms with van der Waals surface area (Å²) in [5, 5.41) is 6.34. The first-order valence-electron chi connectivity index (χ1n) is 7.86. The van der Waals surface area contributed by atoms with Crippen molar-refractivity contribution in [3.05, 3.63) is 29.8 Å². The Hall–Kier alpha value is -1.55. The van der Waals surface area contributed by atoms with Gasteiger partial charge in [0.15, 0.2) is 0 Å². The van der Waals surface area contributed by atoms with Crippen LogP contribution in [0, 0.1) is 5.92 Å². The lowest BCUT2D eigenvalue weighted by molar-refractivity contribution is -0.121. The maximum Gasteiger partial charge on any atom is 0.221 e. The van der Waals surface area contributed by atoms with Crippen LogP contribution in [0.4, 0.5) is 0 Å². The monoisotopic (exact) mass is 290 g/mol. The Balaban J connectivity index is 1.69. The average Bonchev–Trinajstić information content (AvgIpc) is 2.49. The molecule has 1 aliphatic heterocycles. The van der Waals surface area contributed by atoms with Crippen molar-refractivity contribution in [1.82, 2.24) is 10.6 Å². The molecule has 0 radical (unpaired) electrons. The fourth-order valence-corrected chi connectivity index (χ4v) is 2.51. The van der Waals surface area contributed by atoms with Gasteiger partial charge in [0, 0.05) is 32.0 Å². The topological polar surface area (TPSA) is 50.4 Å². The summed E-state index contributed by atoms with van der Waals surface area (Å²) in [5.74, 6) is 2.11. The van der Waals surface area contributed by atoms with Gasteiger partial charge in [-0.15, -0.1) is 0 Å². The molecule has 1 amide bonds. The van der Waals surface area contributed by atoms with E-state index in [0.717, 1.165) is 38.4 Å². The standard InChI is InChI=1S/C17H26N2O2/c1-13(2)11-19-17(20)7-9-18-12-14-8-10-21-16-6-4-3-5-15(14)16/h3-6,13-14,18H,7-12H2,1-2H3,(H,19,20). The molecule has 2 rings (SSSR count). The maximum atomic E-state index is 11.6. The number of fused-ring (bicyclic) bond motifs is 1. The highest BCUT2D eigenvalue weighted by Crippen LogP contribution is 2.32. The van der Waals surface area contributed by atoms with E-state index in [1.165, 1.54) is 5.56 Å². The van der Waals surface area contributed by atoms with E-state index < -0.39 is 0 Å². The highest BCUT2D eigenvalue weighted by molar-refractivity contribution is 5.76. The zero-order valence-corrected chi connectivity index (χ0v) is 13.0. The van der Waals surface area contributed by atoms with Gasteiger partial charge in [0.25, 0.3) is 0 Å². The van der Waals surface area contributed by atoms with E-state index in [-0.39, 0.29) is 5.91 Å². The normalized spacial score (nSPS) is 17.2. The van der Waals surface area contributed by atoms with Gasteiger partial charge >= 0.3 is 0 Å². The van der Waals surface area contributed by atoms with Crippen molar-refractivity contribution in [2.24, 2.45) is 5.92 Å². The van der Waals surface area contributed by atoms with Crippen molar-refractivity contribution in [3.63, 3.8) is 0 Å². The van der Waals surface area contributed by atoms with Gasteiger partial charge in [0.1, 0.15) is 5.75 Å². The SMILES string of the molecule is CC(C)CNC(=O)CCNCC1CCOc2ccccc21. The Morgan fingerprint density at radius 1 is 1.38 bits per heavy atom. The number of amides is 1. The van der Waals surface area contributed by atoms with Gasteiger partial charge in [-0.2, -0.15) is 0 Å². The summed E-state index contributed by atoms with van der Waals surface area (Å²) < 4.78 is 5.66. The molecule has 4 nitrogen and oxygen atoms in total. The Morgan fingerprint density at radius 2 is 2.19 bits per heavy atom. The van der Waals surface area contributed by atoms with Crippen molar-refractivity contribution in [1.29, 1.82) is 0 Å². The second kappa shape index (κ2) is 8.03. The summed E-state index contributed by atoms with van der Waals surface area (Å²) in [6.45, 7) is 7.36. The fraction of sp³-hybridized carbons (Fsp3) is 0.588. The third-order valence-corrected chi connectivity index (χ3v) is 3.71. The molecule has 1 unspecified atom stereocenters. The molecule has 1 aromatic rings. The lowest BCUT2D eigenvalue weighted by Gasteiger charge is -2.26. The van der Waals surface area contributed by atoms with Crippen LogP contribution in [0.2, 0.25) is 0 Å². The van der Waals surface area contributed by atoms with Gasteiger partial charge in [0.2, 0.25) is 5.91 Å². The molecular weight excluding hydrogens is 264 g/mol. The van der Waals surface area contributed by atoms with Gasteiger partial charge in [-0.3, -0.25) is 4.79 Å². The summed E-state index contributed by atoms with van der Waals surface area (Å²) in [6.07, 6.45) is 1.57. The van der Waals surface area contributed by atoms with E-state index in [1.54, 1.807) is 0 Å². The molecule has 1 atom stereocenters. The second-order valence-corrected chi connectivity index (χ2v) is 6.02. The average molecular weight is 290 g/mol. The Kier molecular flexibility index (Phi) is 6.05. The Morgan fingerprint density at radius 3 is 3.00 bits per heavy atom. The first-order chi connectivity index (χ1) is 10.2. The minimum absolute atomic E-state index is 0.128. The molecular formula is C17H26N2O2. The molecule has 0 saturated carbocycles. The highest BCUT2D eigenvalue weighted by Gasteiger charge is 2.20. The van der Waals surface area contributed by atoms with E-state index in [2.05, 4.69) is 36.6 Å². The van der Waals surface area contributed by atoms with Crippen LogP contribution in [0.5, 0.6) is 5.75 Å². The van der Waals surface area contributed by atoms with E-state index in [1.807, 2.05) is 12.1 Å². The largest absolute Gasteiger partial charge is 0.493 e. The first-order valence-corrected chi connectivity index (χ1v) is 7.86. The molecule has 4 heteroatoms. The minimum Gasteiger partial charge on any atom is -0.493 e. The molecule has 0 fully saturated rings. The molecule has 0 aromatic heterocycles. The summed E-state index contributed by atoms with van der Waals surface area (Å²) in [5.41, 5.74) is 1.28. The predicted octanol–water partition coefficient (Wildman–Crippen LogP) is 2.30. The van der Waals surface area contributed by atoms with Gasteiger partial charge in [-0.05, 0) is 24.0 Å². The number of para-hydroxylation sites is 1. The van der Waals surface area contributed by atoms with Gasteiger partial charge in [-0.25, -0.2) is 0 Å². The Labute approximate surface area is 127 Å². The highest BCUT2D eigenvalue weighted by atomic mass is 16.5. The van der Waals surface area contributed by atoms with Crippen LogP contribution in [0.15, 0.2) is 24.3 Å². The fourth-order valence-electron chi connectivity index (χ4n) is 2.51. The molecule has 2 N–H and O–H groups in total. The number of hydrogen-bond donors (Lipinski definition) is 2. The van der Waals surface area contributed by atoms with Crippen LogP contribution in [-0.2, 0) is 4.79 Å². The minimum atomic E-state index is 0.128. The third-order valence-electron chi connectivity index (χ3n) is 3.71. The number of ether oxygens (including phenoxy) is 1. The molecule has 0 bridgehead atoms. The van der Waals surface area contributed by atoms with Gasteiger partial charge < -0.3 is 15.4 Å². The number of carbonyl (C=O) groups excluding carboxylic acids is 1. The molecule has 0 spiro atoms. The lowest BCUT2D eigenvalue weighted by Crippen LogP contribution is -2.32. The summed E-state index contributed by atoms with van der Waals surface area (Å²) in [6, 6.07) is 8.23. The summed E-state index contributed by atoms with van der Waals surface area (Å²) in [4.78, 5) is 11.6. The number of carbonyl (C=O) groups is 1. The van der Waals surface area contributed by atoms with E-state index in [0.29, 0.717) is 18.3 Å². The molecule has 1 heterocycles. The Bertz CT molecular complexity index is 460. The van der Waals surface area contributed by atoms with Crippen molar-refractivity contribution in [3.8, 4) is 5.75 Å². The van der Waals surface area contributed by atoms with Crippen LogP contribution < -0.4 is 15.4 Å². The molecule has 0 saturated heterocycles.